The van der Waals surface area contributed by atoms with E-state index in [0.717, 1.165) is 43.1 Å². The van der Waals surface area contributed by atoms with Crippen LogP contribution in [0.4, 0.5) is 0 Å². The molecule has 4 fully saturated rings. The largest absolute Gasteiger partial charge is 0.458 e. The summed E-state index contributed by atoms with van der Waals surface area (Å²) in [6.45, 7) is 0.177. The number of nitrogens with zero attached hydrogens (tertiary/aromatic N) is 2. The Morgan fingerprint density at radius 1 is 1.21 bits per heavy atom. The minimum atomic E-state index is -0.391. The van der Waals surface area contributed by atoms with E-state index in [9.17, 15) is 9.59 Å². The molecule has 1 aromatic heterocycles. The number of rotatable bonds is 3. The van der Waals surface area contributed by atoms with Crippen LogP contribution in [-0.2, 0) is 20.9 Å². The monoisotopic (exact) mass is 324 g/mol. The maximum atomic E-state index is 12.6. The molecule has 6 rings (SSSR count). The smallest absolute Gasteiger partial charge is 0.326 e. The number of fused-ring (bicyclic) bond motifs is 1. The summed E-state index contributed by atoms with van der Waals surface area (Å²) in [5, 5.41) is 0. The number of benzene rings is 1. The summed E-state index contributed by atoms with van der Waals surface area (Å²) in [5.74, 6) is 1.00. The van der Waals surface area contributed by atoms with Crippen molar-refractivity contribution in [3.63, 3.8) is 0 Å². The van der Waals surface area contributed by atoms with Crippen molar-refractivity contribution in [2.24, 2.45) is 17.8 Å². The molecule has 5 heteroatoms. The van der Waals surface area contributed by atoms with Crippen molar-refractivity contribution in [1.29, 1.82) is 0 Å². The molecule has 4 aliphatic rings. The van der Waals surface area contributed by atoms with Gasteiger partial charge in [-0.1, -0.05) is 12.1 Å². The van der Waals surface area contributed by atoms with Crippen LogP contribution in [0.2, 0.25) is 0 Å². The number of esters is 1. The molecule has 0 saturated heterocycles. The molecule has 1 aromatic carbocycles. The fourth-order valence-corrected chi connectivity index (χ4v) is 5.35. The van der Waals surface area contributed by atoms with Gasteiger partial charge in [-0.3, -0.25) is 9.59 Å². The number of Topliss-reactive ketones (excluding diaryl/α,β-unsaturated/α-hetero) is 1. The van der Waals surface area contributed by atoms with Gasteiger partial charge in [0.25, 0.3) is 0 Å². The fourth-order valence-electron chi connectivity index (χ4n) is 5.35. The van der Waals surface area contributed by atoms with Gasteiger partial charge in [-0.2, -0.15) is 0 Å². The number of carbonyl (C=O) groups excluding carboxylic acids is 2. The quantitative estimate of drug-likeness (QED) is 0.815. The number of para-hydroxylation sites is 2. The van der Waals surface area contributed by atoms with Crippen LogP contribution < -0.4 is 0 Å². The molecular formula is C19H20N2O3. The lowest BCUT2D eigenvalue weighted by molar-refractivity contribution is -0.189. The zero-order chi connectivity index (χ0) is 16.3. The van der Waals surface area contributed by atoms with E-state index in [1.807, 2.05) is 28.8 Å². The van der Waals surface area contributed by atoms with Crippen molar-refractivity contribution in [1.82, 2.24) is 9.55 Å². The van der Waals surface area contributed by atoms with Crippen molar-refractivity contribution in [3.8, 4) is 0 Å². The van der Waals surface area contributed by atoms with Gasteiger partial charge in [-0.05, 0) is 50.2 Å². The van der Waals surface area contributed by atoms with Crippen LogP contribution in [0.1, 0.15) is 32.1 Å². The molecule has 24 heavy (non-hydrogen) atoms. The second-order valence-electron chi connectivity index (χ2n) is 7.76. The highest BCUT2D eigenvalue weighted by Crippen LogP contribution is 2.55. The molecule has 0 radical (unpaired) electrons. The Morgan fingerprint density at radius 3 is 2.75 bits per heavy atom. The zero-order valence-corrected chi connectivity index (χ0v) is 13.5. The highest BCUT2D eigenvalue weighted by molar-refractivity contribution is 5.86. The molecule has 2 atom stereocenters. The lowest BCUT2D eigenvalue weighted by Crippen LogP contribution is -2.57. The minimum Gasteiger partial charge on any atom is -0.458 e. The van der Waals surface area contributed by atoms with E-state index >= 15 is 0 Å². The van der Waals surface area contributed by atoms with Gasteiger partial charge in [0, 0.05) is 11.8 Å². The molecule has 0 amide bonds. The number of hydrogen-bond donors (Lipinski definition) is 0. The maximum absolute atomic E-state index is 12.6. The summed E-state index contributed by atoms with van der Waals surface area (Å²) in [6.07, 6.45) is 6.09. The molecule has 2 unspecified atom stereocenters. The van der Waals surface area contributed by atoms with Gasteiger partial charge >= 0.3 is 5.97 Å². The first-order chi connectivity index (χ1) is 11.6. The molecule has 4 bridgehead atoms. The first-order valence-corrected chi connectivity index (χ1v) is 8.77. The van der Waals surface area contributed by atoms with Crippen LogP contribution in [0, 0.1) is 17.8 Å². The Balaban J connectivity index is 1.35. The molecule has 4 saturated carbocycles. The normalized spacial score (nSPS) is 34.0. The summed E-state index contributed by atoms with van der Waals surface area (Å²) in [5.41, 5.74) is 1.43. The number of imidazole rings is 1. The fraction of sp³-hybridized carbons (Fsp3) is 0.526. The van der Waals surface area contributed by atoms with E-state index in [1.165, 1.54) is 0 Å². The number of ketones is 1. The van der Waals surface area contributed by atoms with Crippen LogP contribution in [0.25, 0.3) is 11.0 Å². The molecule has 4 aliphatic carbocycles. The summed E-state index contributed by atoms with van der Waals surface area (Å²) in [6, 6.07) is 7.77. The van der Waals surface area contributed by atoms with Gasteiger partial charge in [0.15, 0.2) is 0 Å². The van der Waals surface area contributed by atoms with Crippen molar-refractivity contribution in [2.45, 2.75) is 44.2 Å². The molecule has 5 nitrogen and oxygen atoms in total. The van der Waals surface area contributed by atoms with Crippen molar-refractivity contribution in [2.75, 3.05) is 0 Å². The van der Waals surface area contributed by atoms with Crippen molar-refractivity contribution >= 4 is 22.8 Å². The van der Waals surface area contributed by atoms with Crippen LogP contribution >= 0.6 is 0 Å². The standard InChI is InChI=1S/C19H20N2O3/c22-17(10-21-11-20-15-3-1-2-4-16(15)21)24-19-7-12-5-13(8-19)18(23)14(6-12)9-19/h1-4,11-14H,5-10H2. The van der Waals surface area contributed by atoms with Crippen molar-refractivity contribution in [3.05, 3.63) is 30.6 Å². The molecule has 1 heterocycles. The van der Waals surface area contributed by atoms with Crippen LogP contribution in [-0.4, -0.2) is 26.9 Å². The number of carbonyl (C=O) groups is 2. The Hall–Kier alpha value is -2.17. The highest BCUT2D eigenvalue weighted by Gasteiger charge is 2.57. The predicted octanol–water partition coefficient (Wildman–Crippen LogP) is 2.73. The number of hydrogen-bond acceptors (Lipinski definition) is 4. The van der Waals surface area contributed by atoms with Gasteiger partial charge in [-0.25, -0.2) is 4.98 Å². The van der Waals surface area contributed by atoms with E-state index in [1.54, 1.807) is 6.33 Å². The first kappa shape index (κ1) is 14.2. The topological polar surface area (TPSA) is 61.2 Å². The van der Waals surface area contributed by atoms with Crippen molar-refractivity contribution < 1.29 is 14.3 Å². The molecule has 2 aromatic rings. The SMILES string of the molecule is O=C(Cn1cnc2ccccc21)OC12CC3CC(C1)C(=O)C(C3)C2. The average molecular weight is 324 g/mol. The minimum absolute atomic E-state index is 0.123. The summed E-state index contributed by atoms with van der Waals surface area (Å²) in [7, 11) is 0. The highest BCUT2D eigenvalue weighted by atomic mass is 16.6. The summed E-state index contributed by atoms with van der Waals surface area (Å²) in [4.78, 5) is 29.1. The lowest BCUT2D eigenvalue weighted by atomic mass is 9.53. The second-order valence-corrected chi connectivity index (χ2v) is 7.76. The molecule has 0 aliphatic heterocycles. The van der Waals surface area contributed by atoms with Crippen LogP contribution in [0.15, 0.2) is 30.6 Å². The first-order valence-electron chi connectivity index (χ1n) is 8.77. The maximum Gasteiger partial charge on any atom is 0.326 e. The average Bonchev–Trinajstić information content (AvgIpc) is 2.94. The lowest BCUT2D eigenvalue weighted by Gasteiger charge is -2.54. The Bertz CT molecular complexity index is 822. The number of aromatic nitrogens is 2. The summed E-state index contributed by atoms with van der Waals surface area (Å²) >= 11 is 0. The third-order valence-corrected chi connectivity index (χ3v) is 6.10. The van der Waals surface area contributed by atoms with E-state index in [-0.39, 0.29) is 24.3 Å². The number of ether oxygens (including phenoxy) is 1. The van der Waals surface area contributed by atoms with Gasteiger partial charge in [0.1, 0.15) is 17.9 Å². The van der Waals surface area contributed by atoms with Crippen LogP contribution in [0.5, 0.6) is 0 Å². The van der Waals surface area contributed by atoms with Gasteiger partial charge in [-0.15, -0.1) is 0 Å². The van der Waals surface area contributed by atoms with Gasteiger partial charge in [0.2, 0.25) is 0 Å². The third-order valence-electron chi connectivity index (χ3n) is 6.10. The zero-order valence-electron chi connectivity index (χ0n) is 13.5. The van der Waals surface area contributed by atoms with E-state index < -0.39 is 5.60 Å². The molecule has 0 spiro atoms. The second kappa shape index (κ2) is 4.91. The van der Waals surface area contributed by atoms with Crippen LogP contribution in [0.3, 0.4) is 0 Å². The van der Waals surface area contributed by atoms with Gasteiger partial charge in [0.05, 0.1) is 17.4 Å². The third kappa shape index (κ3) is 2.10. The summed E-state index contributed by atoms with van der Waals surface area (Å²) < 4.78 is 7.82. The van der Waals surface area contributed by atoms with Gasteiger partial charge < -0.3 is 9.30 Å². The van der Waals surface area contributed by atoms with E-state index in [0.29, 0.717) is 11.7 Å². The predicted molar refractivity (Wildman–Crippen MR) is 87.1 cm³/mol. The van der Waals surface area contributed by atoms with E-state index in [4.69, 9.17) is 4.74 Å². The Morgan fingerprint density at radius 2 is 1.96 bits per heavy atom. The Labute approximate surface area is 140 Å². The Kier molecular flexibility index (Phi) is 2.91. The van der Waals surface area contributed by atoms with E-state index in [2.05, 4.69) is 4.98 Å². The molecule has 124 valence electrons. The molecular weight excluding hydrogens is 304 g/mol. The molecule has 0 N–H and O–H groups in total.